The van der Waals surface area contributed by atoms with Crippen LogP contribution in [0.15, 0.2) is 39.4 Å². The van der Waals surface area contributed by atoms with Crippen LogP contribution in [-0.2, 0) is 16.1 Å². The monoisotopic (exact) mass is 413 g/mol. The number of furan rings is 2. The summed E-state index contributed by atoms with van der Waals surface area (Å²) in [5.41, 5.74) is 1.50. The van der Waals surface area contributed by atoms with Crippen molar-refractivity contribution < 1.29 is 28.0 Å². The molecule has 0 atom stereocenters. The molecule has 0 saturated carbocycles. The van der Waals surface area contributed by atoms with Gasteiger partial charge in [-0.25, -0.2) is 4.79 Å². The molecule has 1 aliphatic rings. The van der Waals surface area contributed by atoms with Crippen LogP contribution in [0.5, 0.6) is 0 Å². The average Bonchev–Trinajstić information content (AvgIpc) is 3.45. The highest BCUT2D eigenvalue weighted by Crippen LogP contribution is 2.25. The number of fused-ring (bicyclic) bond motifs is 1. The molecule has 1 fully saturated rings. The van der Waals surface area contributed by atoms with Gasteiger partial charge < -0.3 is 27.9 Å². The summed E-state index contributed by atoms with van der Waals surface area (Å²) in [5.74, 6) is 0.170. The van der Waals surface area contributed by atoms with Crippen LogP contribution in [0.2, 0.25) is 0 Å². The number of carbonyl (C=O) groups excluding carboxylic acids is 3. The highest BCUT2D eigenvalue weighted by molar-refractivity contribution is 5.95. The summed E-state index contributed by atoms with van der Waals surface area (Å²) in [4.78, 5) is 41.0. The summed E-state index contributed by atoms with van der Waals surface area (Å²) in [6.45, 7) is 5.43. The van der Waals surface area contributed by atoms with E-state index in [0.717, 1.165) is 0 Å². The summed E-state index contributed by atoms with van der Waals surface area (Å²) in [5, 5.41) is 0. The zero-order chi connectivity index (χ0) is 21.3. The third-order valence-electron chi connectivity index (χ3n) is 5.14. The molecule has 3 aromatic heterocycles. The van der Waals surface area contributed by atoms with Crippen molar-refractivity contribution in [2.24, 2.45) is 0 Å². The Balaban J connectivity index is 1.46. The van der Waals surface area contributed by atoms with E-state index in [2.05, 4.69) is 0 Å². The molecule has 158 valence electrons. The first-order valence-corrected chi connectivity index (χ1v) is 9.85. The predicted molar refractivity (Wildman–Crippen MR) is 106 cm³/mol. The third-order valence-corrected chi connectivity index (χ3v) is 5.14. The molecule has 0 bridgehead atoms. The number of aromatic nitrogens is 1. The van der Waals surface area contributed by atoms with Crippen LogP contribution in [-0.4, -0.2) is 64.9 Å². The minimum atomic E-state index is -0.497. The normalized spacial score (nSPS) is 14.3. The highest BCUT2D eigenvalue weighted by Gasteiger charge is 2.28. The Bertz CT molecular complexity index is 1070. The van der Waals surface area contributed by atoms with Gasteiger partial charge in [0.1, 0.15) is 18.0 Å². The summed E-state index contributed by atoms with van der Waals surface area (Å²) in [7, 11) is 0. The smallest absolute Gasteiger partial charge is 0.355 e. The summed E-state index contributed by atoms with van der Waals surface area (Å²) in [6, 6.07) is 6.70. The Kier molecular flexibility index (Phi) is 5.35. The molecule has 1 saturated heterocycles. The van der Waals surface area contributed by atoms with Crippen LogP contribution < -0.4 is 0 Å². The van der Waals surface area contributed by atoms with Crippen molar-refractivity contribution in [1.29, 1.82) is 0 Å². The summed E-state index contributed by atoms with van der Waals surface area (Å²) in [6.07, 6.45) is 1.46. The summed E-state index contributed by atoms with van der Waals surface area (Å²) < 4.78 is 17.5. The third kappa shape index (κ3) is 3.70. The Labute approximate surface area is 172 Å². The van der Waals surface area contributed by atoms with E-state index in [1.807, 2.05) is 6.92 Å². The maximum Gasteiger partial charge on any atom is 0.355 e. The zero-order valence-corrected chi connectivity index (χ0v) is 16.9. The Morgan fingerprint density at radius 1 is 1.10 bits per heavy atom. The van der Waals surface area contributed by atoms with Crippen LogP contribution in [0.3, 0.4) is 0 Å². The molecule has 0 aliphatic carbocycles. The molecule has 0 unspecified atom stereocenters. The second-order valence-corrected chi connectivity index (χ2v) is 7.09. The Morgan fingerprint density at radius 2 is 1.83 bits per heavy atom. The maximum absolute atomic E-state index is 13.0. The number of aryl methyl sites for hydroxylation is 1. The van der Waals surface area contributed by atoms with Crippen molar-refractivity contribution in [2.75, 3.05) is 32.8 Å². The predicted octanol–water partition coefficient (Wildman–Crippen LogP) is 2.30. The lowest BCUT2D eigenvalue weighted by Gasteiger charge is -2.34. The van der Waals surface area contributed by atoms with E-state index in [9.17, 15) is 14.4 Å². The number of amides is 2. The van der Waals surface area contributed by atoms with Crippen molar-refractivity contribution in [1.82, 2.24) is 14.4 Å². The van der Waals surface area contributed by atoms with Gasteiger partial charge >= 0.3 is 5.97 Å². The van der Waals surface area contributed by atoms with Crippen LogP contribution in [0.4, 0.5) is 0 Å². The molecular formula is C21H23N3O6. The molecule has 9 heteroatoms. The van der Waals surface area contributed by atoms with Gasteiger partial charge in [0.15, 0.2) is 11.3 Å². The van der Waals surface area contributed by atoms with Gasteiger partial charge in [0.2, 0.25) is 5.91 Å². The van der Waals surface area contributed by atoms with Crippen molar-refractivity contribution in [2.45, 2.75) is 20.4 Å². The molecule has 9 nitrogen and oxygen atoms in total. The number of hydrogen-bond acceptors (Lipinski definition) is 6. The lowest BCUT2D eigenvalue weighted by Crippen LogP contribution is -2.51. The van der Waals surface area contributed by atoms with Gasteiger partial charge in [0.25, 0.3) is 5.91 Å². The number of nitrogens with zero attached hydrogens (tertiary/aromatic N) is 3. The fourth-order valence-corrected chi connectivity index (χ4v) is 3.66. The van der Waals surface area contributed by atoms with E-state index in [1.165, 1.54) is 6.26 Å². The Morgan fingerprint density at radius 3 is 2.50 bits per heavy atom. The van der Waals surface area contributed by atoms with Crippen LogP contribution >= 0.6 is 0 Å². The molecule has 3 aromatic rings. The molecule has 2 amide bonds. The lowest BCUT2D eigenvalue weighted by atomic mass is 10.2. The van der Waals surface area contributed by atoms with Gasteiger partial charge in [0.05, 0.1) is 18.4 Å². The SMILES string of the molecule is CCOC(=O)c1cc2oc(C)cc2n1CC(=O)N1CCN(C(=O)c2ccco2)CC1. The van der Waals surface area contributed by atoms with Crippen LogP contribution in [0.1, 0.15) is 33.7 Å². The van der Waals surface area contributed by atoms with E-state index < -0.39 is 5.97 Å². The first-order chi connectivity index (χ1) is 14.5. The molecule has 0 radical (unpaired) electrons. The molecule has 0 spiro atoms. The molecule has 4 heterocycles. The molecule has 30 heavy (non-hydrogen) atoms. The highest BCUT2D eigenvalue weighted by atomic mass is 16.5. The largest absolute Gasteiger partial charge is 0.461 e. The van der Waals surface area contributed by atoms with Gasteiger partial charge in [-0.3, -0.25) is 9.59 Å². The second-order valence-electron chi connectivity index (χ2n) is 7.09. The lowest BCUT2D eigenvalue weighted by molar-refractivity contribution is -0.133. The van der Waals surface area contributed by atoms with E-state index in [0.29, 0.717) is 48.8 Å². The van der Waals surface area contributed by atoms with Crippen molar-refractivity contribution in [3.8, 4) is 0 Å². The molecule has 0 N–H and O–H groups in total. The van der Waals surface area contributed by atoms with Gasteiger partial charge in [-0.2, -0.15) is 0 Å². The minimum absolute atomic E-state index is 0.0112. The number of rotatable bonds is 5. The van der Waals surface area contributed by atoms with Gasteiger partial charge in [-0.05, 0) is 26.0 Å². The standard InChI is InChI=1S/C21H23N3O6/c1-3-28-21(27)16-12-18-15(11-14(2)30-18)24(16)13-19(25)22-6-8-23(9-7-22)20(26)17-5-4-10-29-17/h4-5,10-12H,3,6-9,13H2,1-2H3. The number of ether oxygens (including phenoxy) is 1. The number of esters is 1. The Hall–Kier alpha value is -3.49. The molecule has 1 aliphatic heterocycles. The molecule has 0 aromatic carbocycles. The number of piperazine rings is 1. The molecular weight excluding hydrogens is 390 g/mol. The van der Waals surface area contributed by atoms with Gasteiger partial charge in [-0.15, -0.1) is 0 Å². The fourth-order valence-electron chi connectivity index (χ4n) is 3.66. The van der Waals surface area contributed by atoms with E-state index in [1.54, 1.807) is 45.6 Å². The van der Waals surface area contributed by atoms with Gasteiger partial charge in [-0.1, -0.05) is 0 Å². The number of hydrogen-bond donors (Lipinski definition) is 0. The van der Waals surface area contributed by atoms with Crippen molar-refractivity contribution in [3.05, 3.63) is 47.7 Å². The van der Waals surface area contributed by atoms with Gasteiger partial charge in [0, 0.05) is 38.3 Å². The van der Waals surface area contributed by atoms with Crippen molar-refractivity contribution >= 4 is 28.9 Å². The van der Waals surface area contributed by atoms with Crippen LogP contribution in [0.25, 0.3) is 11.1 Å². The summed E-state index contributed by atoms with van der Waals surface area (Å²) >= 11 is 0. The van der Waals surface area contributed by atoms with Crippen molar-refractivity contribution in [3.63, 3.8) is 0 Å². The topological polar surface area (TPSA) is 98.1 Å². The number of carbonyl (C=O) groups is 3. The van der Waals surface area contributed by atoms with Crippen LogP contribution in [0, 0.1) is 6.92 Å². The second kappa shape index (κ2) is 8.10. The first kappa shape index (κ1) is 19.8. The zero-order valence-electron chi connectivity index (χ0n) is 16.9. The maximum atomic E-state index is 13.0. The first-order valence-electron chi connectivity index (χ1n) is 9.85. The average molecular weight is 413 g/mol. The molecule has 4 rings (SSSR count). The fraction of sp³-hybridized carbons (Fsp3) is 0.381. The van der Waals surface area contributed by atoms with E-state index in [-0.39, 0.29) is 30.7 Å². The van der Waals surface area contributed by atoms with E-state index >= 15 is 0 Å². The van der Waals surface area contributed by atoms with E-state index in [4.69, 9.17) is 13.6 Å². The minimum Gasteiger partial charge on any atom is -0.461 e. The quantitative estimate of drug-likeness (QED) is 0.596.